The van der Waals surface area contributed by atoms with Gasteiger partial charge in [-0.1, -0.05) is 35.4 Å². The first kappa shape index (κ1) is 10.6. The van der Waals surface area contributed by atoms with E-state index in [-0.39, 0.29) is 0 Å². The number of alkyl halides is 1. The van der Waals surface area contributed by atoms with Crippen LogP contribution in [-0.4, -0.2) is 11.3 Å². The van der Waals surface area contributed by atoms with Gasteiger partial charge in [0.05, 0.1) is 0 Å². The molecule has 0 aromatic rings. The lowest BCUT2D eigenvalue weighted by Gasteiger charge is -1.95. The van der Waals surface area contributed by atoms with Crippen molar-refractivity contribution in [2.75, 3.05) is 5.33 Å². The van der Waals surface area contributed by atoms with Gasteiger partial charge in [0.1, 0.15) is 0 Å². The minimum atomic E-state index is -0.907. The van der Waals surface area contributed by atoms with E-state index in [1.807, 2.05) is 6.92 Å². The van der Waals surface area contributed by atoms with Gasteiger partial charge in [-0.25, -0.2) is 9.74 Å². The van der Waals surface area contributed by atoms with Crippen molar-refractivity contribution < 1.29 is 14.3 Å². The molecule has 0 unspecified atom stereocenters. The minimum absolute atomic E-state index is 0.328. The van der Waals surface area contributed by atoms with Crippen LogP contribution in [0, 0.1) is 0 Å². The predicted octanol–water partition coefficient (Wildman–Crippen LogP) is 2.54. The van der Waals surface area contributed by atoms with E-state index >= 15 is 0 Å². The first-order valence-electron chi connectivity index (χ1n) is 3.34. The molecule has 2 nitrogen and oxygen atoms in total. The maximum absolute atomic E-state index is 11.3. The van der Waals surface area contributed by atoms with Crippen LogP contribution in [0.2, 0.25) is 0 Å². The van der Waals surface area contributed by atoms with E-state index in [1.165, 1.54) is 0 Å². The SMILES string of the molecule is CCC/C=C(\CBr)C(=O)OF. The van der Waals surface area contributed by atoms with Gasteiger partial charge >= 0.3 is 5.97 Å². The second kappa shape index (κ2) is 6.34. The molecule has 0 aromatic heterocycles. The van der Waals surface area contributed by atoms with Crippen molar-refractivity contribution in [3.05, 3.63) is 11.6 Å². The highest BCUT2D eigenvalue weighted by Gasteiger charge is 2.08. The van der Waals surface area contributed by atoms with Crippen molar-refractivity contribution in [3.63, 3.8) is 0 Å². The molecular weight excluding hydrogens is 215 g/mol. The number of carbonyl (C=O) groups is 1. The normalized spacial score (nSPS) is 11.4. The average Bonchev–Trinajstić information content (AvgIpc) is 2.05. The van der Waals surface area contributed by atoms with Crippen molar-refractivity contribution in [3.8, 4) is 0 Å². The van der Waals surface area contributed by atoms with E-state index < -0.39 is 5.97 Å². The Morgan fingerprint density at radius 2 is 2.36 bits per heavy atom. The van der Waals surface area contributed by atoms with Gasteiger partial charge in [0.2, 0.25) is 0 Å². The highest BCUT2D eigenvalue weighted by atomic mass is 79.9. The smallest absolute Gasteiger partial charge is 0.250 e. The van der Waals surface area contributed by atoms with Crippen molar-refractivity contribution >= 4 is 21.9 Å². The van der Waals surface area contributed by atoms with Crippen molar-refractivity contribution in [2.45, 2.75) is 19.8 Å². The summed E-state index contributed by atoms with van der Waals surface area (Å²) in [5.74, 6) is -0.907. The van der Waals surface area contributed by atoms with Crippen LogP contribution in [0.4, 0.5) is 4.53 Å². The zero-order chi connectivity index (χ0) is 8.69. The Kier molecular flexibility index (Phi) is 6.12. The van der Waals surface area contributed by atoms with E-state index in [0.717, 1.165) is 12.8 Å². The molecule has 0 aliphatic rings. The van der Waals surface area contributed by atoms with E-state index in [0.29, 0.717) is 10.9 Å². The zero-order valence-corrected chi connectivity index (χ0v) is 7.86. The van der Waals surface area contributed by atoms with E-state index in [9.17, 15) is 9.32 Å². The summed E-state index contributed by atoms with van der Waals surface area (Å²) in [6.07, 6.45) is 3.35. The summed E-state index contributed by atoms with van der Waals surface area (Å²) in [5, 5.41) is 0.329. The van der Waals surface area contributed by atoms with Crippen molar-refractivity contribution in [1.29, 1.82) is 0 Å². The van der Waals surface area contributed by atoms with Crippen LogP contribution in [0.15, 0.2) is 11.6 Å². The van der Waals surface area contributed by atoms with Crippen molar-refractivity contribution in [1.82, 2.24) is 0 Å². The Morgan fingerprint density at radius 3 is 2.73 bits per heavy atom. The van der Waals surface area contributed by atoms with Crippen LogP contribution in [0.25, 0.3) is 0 Å². The lowest BCUT2D eigenvalue weighted by atomic mass is 10.2. The first-order valence-corrected chi connectivity index (χ1v) is 4.46. The third-order valence-electron chi connectivity index (χ3n) is 1.16. The van der Waals surface area contributed by atoms with Gasteiger partial charge in [0.25, 0.3) is 0 Å². The van der Waals surface area contributed by atoms with E-state index in [1.54, 1.807) is 6.08 Å². The number of halogens is 2. The number of hydrogen-bond donors (Lipinski definition) is 0. The van der Waals surface area contributed by atoms with Gasteiger partial charge in [-0.2, -0.15) is 0 Å². The number of rotatable bonds is 4. The molecule has 0 aromatic carbocycles. The predicted molar refractivity (Wildman–Crippen MR) is 44.0 cm³/mol. The second-order valence-corrected chi connectivity index (χ2v) is 2.58. The Morgan fingerprint density at radius 1 is 1.73 bits per heavy atom. The minimum Gasteiger partial charge on any atom is -0.250 e. The van der Waals surface area contributed by atoms with Gasteiger partial charge in [0, 0.05) is 15.4 Å². The molecule has 0 radical (unpaired) electrons. The number of carbonyl (C=O) groups excluding carboxylic acids is 1. The molecule has 0 heterocycles. The number of allylic oxidation sites excluding steroid dienone is 1. The van der Waals surface area contributed by atoms with Crippen LogP contribution in [0.1, 0.15) is 19.8 Å². The van der Waals surface area contributed by atoms with Gasteiger partial charge in [-0.15, -0.1) is 0 Å². The summed E-state index contributed by atoms with van der Waals surface area (Å²) in [5.41, 5.74) is 0.328. The Labute approximate surface area is 73.4 Å². The largest absolute Gasteiger partial charge is 0.376 e. The molecular formula is C7H10BrFO2. The molecule has 0 N–H and O–H groups in total. The topological polar surface area (TPSA) is 26.3 Å². The summed E-state index contributed by atoms with van der Waals surface area (Å²) < 4.78 is 11.3. The zero-order valence-electron chi connectivity index (χ0n) is 6.27. The lowest BCUT2D eigenvalue weighted by Crippen LogP contribution is -2.03. The molecule has 0 spiro atoms. The average molecular weight is 225 g/mol. The molecule has 0 rings (SSSR count). The van der Waals surface area contributed by atoms with Crippen LogP contribution in [0.5, 0.6) is 0 Å². The highest BCUT2D eigenvalue weighted by molar-refractivity contribution is 9.09. The van der Waals surface area contributed by atoms with Gasteiger partial charge < -0.3 is 0 Å². The first-order chi connectivity index (χ1) is 5.26. The molecule has 0 saturated carbocycles. The molecule has 4 heteroatoms. The second-order valence-electron chi connectivity index (χ2n) is 2.02. The third-order valence-corrected chi connectivity index (χ3v) is 1.76. The lowest BCUT2D eigenvalue weighted by molar-refractivity contribution is -0.178. The number of unbranched alkanes of at least 4 members (excludes halogenated alkanes) is 1. The quantitative estimate of drug-likeness (QED) is 0.542. The standard InChI is InChI=1S/C7H10BrFO2/c1-2-3-4-6(5-8)7(10)11-9/h4H,2-3,5H2,1H3/b6-4+. The number of hydrogen-bond acceptors (Lipinski definition) is 2. The molecule has 0 aliphatic carbocycles. The van der Waals surface area contributed by atoms with Crippen molar-refractivity contribution in [2.24, 2.45) is 0 Å². The summed E-state index contributed by atoms with van der Waals surface area (Å²) in [4.78, 5) is 13.6. The maximum Gasteiger partial charge on any atom is 0.376 e. The van der Waals surface area contributed by atoms with Gasteiger partial charge in [-0.3, -0.25) is 0 Å². The summed E-state index contributed by atoms with van der Waals surface area (Å²) in [7, 11) is 0. The van der Waals surface area contributed by atoms with E-state index in [4.69, 9.17) is 0 Å². The Balaban J connectivity index is 4.03. The molecule has 11 heavy (non-hydrogen) atoms. The van der Waals surface area contributed by atoms with Crippen LogP contribution in [0.3, 0.4) is 0 Å². The molecule has 0 saturated heterocycles. The molecule has 0 aliphatic heterocycles. The molecule has 0 amide bonds. The van der Waals surface area contributed by atoms with E-state index in [2.05, 4.69) is 20.9 Å². The summed E-state index contributed by atoms with van der Waals surface area (Å²) >= 11 is 3.05. The Hall–Kier alpha value is -0.380. The van der Waals surface area contributed by atoms with Crippen LogP contribution < -0.4 is 0 Å². The molecule has 0 bridgehead atoms. The monoisotopic (exact) mass is 224 g/mol. The Bertz CT molecular complexity index is 157. The van der Waals surface area contributed by atoms with Crippen LogP contribution >= 0.6 is 15.9 Å². The van der Waals surface area contributed by atoms with Crippen LogP contribution in [-0.2, 0) is 9.74 Å². The molecule has 0 fully saturated rings. The fourth-order valence-electron chi connectivity index (χ4n) is 0.561. The highest BCUT2D eigenvalue weighted by Crippen LogP contribution is 2.05. The fraction of sp³-hybridized carbons (Fsp3) is 0.571. The maximum atomic E-state index is 11.3. The fourth-order valence-corrected chi connectivity index (χ4v) is 1.02. The van der Waals surface area contributed by atoms with Gasteiger partial charge in [0.15, 0.2) is 0 Å². The summed E-state index contributed by atoms with van der Waals surface area (Å²) in [6.45, 7) is 1.98. The molecule has 0 atom stereocenters. The third kappa shape index (κ3) is 4.14. The summed E-state index contributed by atoms with van der Waals surface area (Å²) in [6, 6.07) is 0. The molecule has 64 valence electrons. The van der Waals surface area contributed by atoms with Gasteiger partial charge in [-0.05, 0) is 6.42 Å².